The Morgan fingerprint density at radius 2 is 2.19 bits per heavy atom. The van der Waals surface area contributed by atoms with E-state index in [-0.39, 0.29) is 23.2 Å². The molecule has 1 unspecified atom stereocenters. The first-order valence-electron chi connectivity index (χ1n) is 6.76. The van der Waals surface area contributed by atoms with Crippen LogP contribution in [0.1, 0.15) is 22.7 Å². The van der Waals surface area contributed by atoms with Crippen LogP contribution >= 0.6 is 0 Å². The van der Waals surface area contributed by atoms with Gasteiger partial charge in [0.1, 0.15) is 5.82 Å². The van der Waals surface area contributed by atoms with Crippen LogP contribution in [0.5, 0.6) is 0 Å². The molecule has 1 aromatic carbocycles. The number of hydrogen-bond donors (Lipinski definition) is 1. The van der Waals surface area contributed by atoms with Gasteiger partial charge in [-0.2, -0.15) is 0 Å². The molecule has 0 saturated carbocycles. The van der Waals surface area contributed by atoms with Gasteiger partial charge in [-0.1, -0.05) is 12.1 Å². The number of H-pyrrole nitrogens is 1. The van der Waals surface area contributed by atoms with E-state index in [0.717, 1.165) is 11.1 Å². The van der Waals surface area contributed by atoms with Gasteiger partial charge < -0.3 is 9.88 Å². The van der Waals surface area contributed by atoms with E-state index in [2.05, 4.69) is 4.98 Å². The predicted molar refractivity (Wildman–Crippen MR) is 76.4 cm³/mol. The Bertz CT molecular complexity index is 754. The minimum atomic E-state index is -0.318. The van der Waals surface area contributed by atoms with Crippen LogP contribution in [0.15, 0.2) is 41.2 Å². The number of rotatable bonds is 3. The molecule has 3 rings (SSSR count). The molecule has 1 heterocycles. The van der Waals surface area contributed by atoms with Crippen molar-refractivity contribution in [2.24, 2.45) is 0 Å². The number of amides is 1. The number of carbonyl (C=O) groups is 1. The molecule has 0 fully saturated rings. The van der Waals surface area contributed by atoms with Crippen LogP contribution < -0.4 is 5.56 Å². The highest BCUT2D eigenvalue weighted by molar-refractivity contribution is 5.86. The van der Waals surface area contributed by atoms with Gasteiger partial charge in [-0.15, -0.1) is 0 Å². The number of aromatic amines is 1. The predicted octanol–water partition coefficient (Wildman–Crippen LogP) is 1.81. The lowest BCUT2D eigenvalue weighted by Crippen LogP contribution is -2.37. The largest absolute Gasteiger partial charge is 0.339 e. The standard InChI is InChI=1S/C16H15FN2O2/c1-19(9-12-3-2-4-15(20)18-12)16(21)14-7-10-5-6-11(17)8-13(10)14/h2-6,8,14H,7,9H2,1H3,(H,18,20). The van der Waals surface area contributed by atoms with Gasteiger partial charge in [0.25, 0.3) is 0 Å². The summed E-state index contributed by atoms with van der Waals surface area (Å²) in [6.45, 7) is 0.329. The molecule has 4 nitrogen and oxygen atoms in total. The molecular weight excluding hydrogens is 271 g/mol. The van der Waals surface area contributed by atoms with Crippen LogP contribution in [0.4, 0.5) is 4.39 Å². The number of nitrogens with one attached hydrogen (secondary N) is 1. The SMILES string of the molecule is CN(Cc1cccc(=O)[nH]1)C(=O)C1Cc2ccc(F)cc21. The molecule has 0 saturated heterocycles. The van der Waals surface area contributed by atoms with Gasteiger partial charge >= 0.3 is 0 Å². The van der Waals surface area contributed by atoms with E-state index in [1.807, 2.05) is 0 Å². The van der Waals surface area contributed by atoms with E-state index in [1.165, 1.54) is 18.2 Å². The third kappa shape index (κ3) is 2.59. The maximum Gasteiger partial charge on any atom is 0.248 e. The fourth-order valence-corrected chi connectivity index (χ4v) is 2.68. The van der Waals surface area contributed by atoms with Gasteiger partial charge in [0.05, 0.1) is 12.5 Å². The highest BCUT2D eigenvalue weighted by Crippen LogP contribution is 2.36. The summed E-state index contributed by atoms with van der Waals surface area (Å²) in [6.07, 6.45) is 0.643. The maximum absolute atomic E-state index is 13.2. The van der Waals surface area contributed by atoms with Crippen molar-refractivity contribution in [2.45, 2.75) is 18.9 Å². The minimum Gasteiger partial charge on any atom is -0.339 e. The summed E-state index contributed by atoms with van der Waals surface area (Å²) < 4.78 is 13.2. The molecule has 1 atom stereocenters. The van der Waals surface area contributed by atoms with Crippen molar-refractivity contribution in [3.05, 3.63) is 69.4 Å². The number of nitrogens with zero attached hydrogens (tertiary/aromatic N) is 1. The lowest BCUT2D eigenvalue weighted by molar-refractivity contribution is -0.132. The molecule has 0 aliphatic heterocycles. The van der Waals surface area contributed by atoms with Crippen molar-refractivity contribution in [2.75, 3.05) is 7.05 Å². The Balaban J connectivity index is 1.73. The number of carbonyl (C=O) groups excluding carboxylic acids is 1. The van der Waals surface area contributed by atoms with E-state index in [4.69, 9.17) is 0 Å². The second-order valence-electron chi connectivity index (χ2n) is 5.33. The molecule has 108 valence electrons. The second kappa shape index (κ2) is 5.16. The van der Waals surface area contributed by atoms with Crippen molar-refractivity contribution in [3.63, 3.8) is 0 Å². The molecule has 1 aliphatic carbocycles. The zero-order chi connectivity index (χ0) is 15.0. The van der Waals surface area contributed by atoms with Crippen molar-refractivity contribution in [1.29, 1.82) is 0 Å². The Hall–Kier alpha value is -2.43. The third-order valence-corrected chi connectivity index (χ3v) is 3.82. The van der Waals surface area contributed by atoms with E-state index in [9.17, 15) is 14.0 Å². The topological polar surface area (TPSA) is 53.2 Å². The normalized spacial score (nSPS) is 16.0. The molecule has 2 aromatic rings. The molecule has 0 radical (unpaired) electrons. The highest BCUT2D eigenvalue weighted by atomic mass is 19.1. The summed E-state index contributed by atoms with van der Waals surface area (Å²) >= 11 is 0. The van der Waals surface area contributed by atoms with Crippen molar-refractivity contribution >= 4 is 5.91 Å². The second-order valence-corrected chi connectivity index (χ2v) is 5.33. The molecule has 1 aliphatic rings. The number of pyridine rings is 1. The summed E-state index contributed by atoms with van der Waals surface area (Å²) in [7, 11) is 1.69. The van der Waals surface area contributed by atoms with Gasteiger partial charge in [0.15, 0.2) is 0 Å². The van der Waals surface area contributed by atoms with Gasteiger partial charge in [-0.25, -0.2) is 4.39 Å². The summed E-state index contributed by atoms with van der Waals surface area (Å²) in [5.74, 6) is -0.657. The zero-order valence-corrected chi connectivity index (χ0v) is 11.6. The molecule has 1 amide bonds. The number of aromatic nitrogens is 1. The smallest absolute Gasteiger partial charge is 0.248 e. The van der Waals surface area contributed by atoms with E-state index in [1.54, 1.807) is 30.1 Å². The monoisotopic (exact) mass is 286 g/mol. The van der Waals surface area contributed by atoms with Crippen LogP contribution in [0.2, 0.25) is 0 Å². The van der Waals surface area contributed by atoms with Crippen LogP contribution in [0.25, 0.3) is 0 Å². The molecule has 5 heteroatoms. The van der Waals surface area contributed by atoms with E-state index in [0.29, 0.717) is 18.7 Å². The number of fused-ring (bicyclic) bond motifs is 1. The van der Waals surface area contributed by atoms with E-state index < -0.39 is 0 Å². The van der Waals surface area contributed by atoms with Crippen molar-refractivity contribution in [3.8, 4) is 0 Å². The number of benzene rings is 1. The molecule has 0 spiro atoms. The number of likely N-dealkylation sites (N-methyl/N-ethyl adjacent to an activating group) is 1. The first-order chi connectivity index (χ1) is 10.0. The maximum atomic E-state index is 13.2. The Kier molecular flexibility index (Phi) is 3.33. The van der Waals surface area contributed by atoms with Gasteiger partial charge in [-0.05, 0) is 35.7 Å². The Morgan fingerprint density at radius 1 is 1.38 bits per heavy atom. The van der Waals surface area contributed by atoms with Crippen molar-refractivity contribution < 1.29 is 9.18 Å². The molecule has 1 N–H and O–H groups in total. The first-order valence-corrected chi connectivity index (χ1v) is 6.76. The van der Waals surface area contributed by atoms with Gasteiger partial charge in [-0.3, -0.25) is 9.59 Å². The highest BCUT2D eigenvalue weighted by Gasteiger charge is 2.34. The quantitative estimate of drug-likeness (QED) is 0.935. The minimum absolute atomic E-state index is 0.0576. The molecule has 0 bridgehead atoms. The molecular formula is C16H15FN2O2. The fraction of sp³-hybridized carbons (Fsp3) is 0.250. The number of hydrogen-bond acceptors (Lipinski definition) is 2. The summed E-state index contributed by atoms with van der Waals surface area (Å²) in [5.41, 5.74) is 2.28. The summed E-state index contributed by atoms with van der Waals surface area (Å²) in [6, 6.07) is 9.41. The summed E-state index contributed by atoms with van der Waals surface area (Å²) in [4.78, 5) is 27.9. The van der Waals surface area contributed by atoms with E-state index >= 15 is 0 Å². The zero-order valence-electron chi connectivity index (χ0n) is 11.6. The third-order valence-electron chi connectivity index (χ3n) is 3.82. The van der Waals surface area contributed by atoms with Crippen LogP contribution in [0, 0.1) is 5.82 Å². The Morgan fingerprint density at radius 3 is 2.95 bits per heavy atom. The van der Waals surface area contributed by atoms with Crippen molar-refractivity contribution in [1.82, 2.24) is 9.88 Å². The first kappa shape index (κ1) is 13.5. The van der Waals surface area contributed by atoms with Gasteiger partial charge in [0.2, 0.25) is 11.5 Å². The van der Waals surface area contributed by atoms with Crippen LogP contribution in [-0.2, 0) is 17.8 Å². The van der Waals surface area contributed by atoms with Gasteiger partial charge in [0, 0.05) is 18.8 Å². The average molecular weight is 286 g/mol. The number of halogens is 1. The fourth-order valence-electron chi connectivity index (χ4n) is 2.68. The van der Waals surface area contributed by atoms with Crippen LogP contribution in [-0.4, -0.2) is 22.8 Å². The molecule has 1 aromatic heterocycles. The van der Waals surface area contributed by atoms with Crippen LogP contribution in [0.3, 0.4) is 0 Å². The Labute approximate surface area is 121 Å². The molecule has 21 heavy (non-hydrogen) atoms. The lowest BCUT2D eigenvalue weighted by Gasteiger charge is -2.32. The lowest BCUT2D eigenvalue weighted by atomic mass is 9.77. The average Bonchev–Trinajstić information content (AvgIpc) is 2.42. The summed E-state index contributed by atoms with van der Waals surface area (Å²) in [5, 5.41) is 0.